The van der Waals surface area contributed by atoms with Crippen molar-refractivity contribution in [2.75, 3.05) is 7.05 Å². The number of nitrogens with zero attached hydrogens (tertiary/aromatic N) is 1. The largest absolute Gasteiger partial charge is 0.361 e. The summed E-state index contributed by atoms with van der Waals surface area (Å²) in [5.41, 5.74) is 1.65. The van der Waals surface area contributed by atoms with Crippen LogP contribution in [-0.2, 0) is 0 Å². The highest BCUT2D eigenvalue weighted by atomic mass is 16.2. The minimum absolute atomic E-state index is 0.0584. The number of nitrogens with one attached hydrogen (secondary N) is 1. The first-order chi connectivity index (χ1) is 7.61. The topological polar surface area (TPSA) is 36.1 Å². The Labute approximate surface area is 95.1 Å². The van der Waals surface area contributed by atoms with Crippen molar-refractivity contribution in [3.63, 3.8) is 0 Å². The summed E-state index contributed by atoms with van der Waals surface area (Å²) in [4.78, 5) is 17.1. The van der Waals surface area contributed by atoms with Crippen LogP contribution in [0.3, 0.4) is 0 Å². The number of carbonyl (C=O) groups excluding carboxylic acids is 1. The lowest BCUT2D eigenvalue weighted by Gasteiger charge is -2.21. The number of hydrogen-bond acceptors (Lipinski definition) is 1. The Morgan fingerprint density at radius 1 is 1.31 bits per heavy atom. The molecule has 2 aromatic rings. The minimum Gasteiger partial charge on any atom is -0.361 e. The molecule has 0 saturated heterocycles. The van der Waals surface area contributed by atoms with E-state index in [0.717, 1.165) is 16.5 Å². The Balaban J connectivity index is 2.47. The number of benzene rings is 1. The maximum Gasteiger partial charge on any atom is 0.255 e. The van der Waals surface area contributed by atoms with Gasteiger partial charge in [-0.2, -0.15) is 0 Å². The van der Waals surface area contributed by atoms with Crippen molar-refractivity contribution in [2.45, 2.75) is 19.9 Å². The van der Waals surface area contributed by atoms with Gasteiger partial charge < -0.3 is 9.88 Å². The number of para-hydroxylation sites is 1. The third-order valence-corrected chi connectivity index (χ3v) is 2.91. The molecule has 1 aromatic heterocycles. The predicted molar refractivity (Wildman–Crippen MR) is 65.5 cm³/mol. The van der Waals surface area contributed by atoms with E-state index in [1.54, 1.807) is 4.90 Å². The van der Waals surface area contributed by atoms with Gasteiger partial charge in [0.2, 0.25) is 0 Å². The summed E-state index contributed by atoms with van der Waals surface area (Å²) < 4.78 is 0. The number of fused-ring (bicyclic) bond motifs is 1. The van der Waals surface area contributed by atoms with Crippen LogP contribution in [0.25, 0.3) is 10.9 Å². The zero-order valence-electron chi connectivity index (χ0n) is 9.82. The van der Waals surface area contributed by atoms with Crippen LogP contribution in [0, 0.1) is 0 Å². The summed E-state index contributed by atoms with van der Waals surface area (Å²) >= 11 is 0. The van der Waals surface area contributed by atoms with Crippen molar-refractivity contribution < 1.29 is 4.79 Å². The molecule has 0 unspecified atom stereocenters. The lowest BCUT2D eigenvalue weighted by molar-refractivity contribution is 0.0757. The molecular weight excluding hydrogens is 200 g/mol. The third kappa shape index (κ3) is 1.69. The number of aromatic nitrogens is 1. The maximum atomic E-state index is 12.2. The number of aromatic amines is 1. The van der Waals surface area contributed by atoms with E-state index < -0.39 is 0 Å². The monoisotopic (exact) mass is 216 g/mol. The molecule has 0 atom stereocenters. The van der Waals surface area contributed by atoms with Crippen molar-refractivity contribution in [3.8, 4) is 0 Å². The molecule has 1 N–H and O–H groups in total. The maximum absolute atomic E-state index is 12.2. The van der Waals surface area contributed by atoms with Crippen molar-refractivity contribution in [3.05, 3.63) is 36.0 Å². The van der Waals surface area contributed by atoms with Gasteiger partial charge in [-0.05, 0) is 26.0 Å². The van der Waals surface area contributed by atoms with Gasteiger partial charge in [-0.15, -0.1) is 0 Å². The number of amides is 1. The second kappa shape index (κ2) is 4.00. The number of H-pyrrole nitrogens is 1. The van der Waals surface area contributed by atoms with Crippen LogP contribution in [0.2, 0.25) is 0 Å². The minimum atomic E-state index is 0.0584. The van der Waals surface area contributed by atoms with Crippen LogP contribution < -0.4 is 0 Å². The zero-order chi connectivity index (χ0) is 11.7. The van der Waals surface area contributed by atoms with E-state index in [9.17, 15) is 4.79 Å². The SMILES string of the molecule is CC(C)N(C)C(=O)c1cccc2cc[nH]c12. The molecule has 1 heterocycles. The summed E-state index contributed by atoms with van der Waals surface area (Å²) in [6.07, 6.45) is 1.86. The van der Waals surface area contributed by atoms with Gasteiger partial charge in [0.15, 0.2) is 0 Å². The molecule has 16 heavy (non-hydrogen) atoms. The molecule has 2 rings (SSSR count). The highest BCUT2D eigenvalue weighted by molar-refractivity contribution is 6.05. The number of hydrogen-bond donors (Lipinski definition) is 1. The molecule has 1 amide bonds. The van der Waals surface area contributed by atoms with Crippen molar-refractivity contribution in [2.24, 2.45) is 0 Å². The molecule has 0 aliphatic carbocycles. The van der Waals surface area contributed by atoms with Crippen LogP contribution in [0.4, 0.5) is 0 Å². The van der Waals surface area contributed by atoms with E-state index in [-0.39, 0.29) is 11.9 Å². The molecule has 3 nitrogen and oxygen atoms in total. The van der Waals surface area contributed by atoms with Gasteiger partial charge >= 0.3 is 0 Å². The van der Waals surface area contributed by atoms with Crippen LogP contribution >= 0.6 is 0 Å². The Morgan fingerprint density at radius 2 is 2.06 bits per heavy atom. The van der Waals surface area contributed by atoms with Gasteiger partial charge in [0.1, 0.15) is 0 Å². The van der Waals surface area contributed by atoms with Gasteiger partial charge in [0.25, 0.3) is 5.91 Å². The van der Waals surface area contributed by atoms with Crippen LogP contribution in [-0.4, -0.2) is 28.9 Å². The van der Waals surface area contributed by atoms with Crippen LogP contribution in [0.1, 0.15) is 24.2 Å². The average Bonchev–Trinajstić information content (AvgIpc) is 2.74. The van der Waals surface area contributed by atoms with E-state index in [4.69, 9.17) is 0 Å². The molecule has 0 aliphatic rings. The standard InChI is InChI=1S/C13H16N2O/c1-9(2)15(3)13(16)11-6-4-5-10-7-8-14-12(10)11/h4-9,14H,1-3H3. The van der Waals surface area contributed by atoms with Crippen LogP contribution in [0.15, 0.2) is 30.5 Å². The first kappa shape index (κ1) is 10.7. The first-order valence-electron chi connectivity index (χ1n) is 5.44. The normalized spacial score (nSPS) is 11.0. The van der Waals surface area contributed by atoms with Gasteiger partial charge in [-0.25, -0.2) is 0 Å². The highest BCUT2D eigenvalue weighted by Gasteiger charge is 2.16. The molecule has 0 bridgehead atoms. The Hall–Kier alpha value is -1.77. The quantitative estimate of drug-likeness (QED) is 0.823. The summed E-state index contributed by atoms with van der Waals surface area (Å²) in [5, 5.41) is 1.07. The fraction of sp³-hybridized carbons (Fsp3) is 0.308. The first-order valence-corrected chi connectivity index (χ1v) is 5.44. The molecule has 1 aromatic carbocycles. The highest BCUT2D eigenvalue weighted by Crippen LogP contribution is 2.18. The second-order valence-corrected chi connectivity index (χ2v) is 4.26. The molecule has 0 aliphatic heterocycles. The van der Waals surface area contributed by atoms with Gasteiger partial charge in [-0.3, -0.25) is 4.79 Å². The van der Waals surface area contributed by atoms with E-state index in [0.29, 0.717) is 0 Å². The lowest BCUT2D eigenvalue weighted by atomic mass is 10.1. The molecule has 0 spiro atoms. The Morgan fingerprint density at radius 3 is 2.75 bits per heavy atom. The van der Waals surface area contributed by atoms with E-state index in [1.807, 2.05) is 51.4 Å². The average molecular weight is 216 g/mol. The Bertz CT molecular complexity index is 513. The zero-order valence-corrected chi connectivity index (χ0v) is 9.82. The van der Waals surface area contributed by atoms with Gasteiger partial charge in [0.05, 0.1) is 11.1 Å². The summed E-state index contributed by atoms with van der Waals surface area (Å²) in [6.45, 7) is 4.01. The number of rotatable bonds is 2. The Kier molecular flexibility index (Phi) is 2.69. The molecule has 0 fully saturated rings. The number of carbonyl (C=O) groups is 1. The molecular formula is C13H16N2O. The summed E-state index contributed by atoms with van der Waals surface area (Å²) in [7, 11) is 1.83. The lowest BCUT2D eigenvalue weighted by Crippen LogP contribution is -2.33. The van der Waals surface area contributed by atoms with E-state index in [1.165, 1.54) is 0 Å². The van der Waals surface area contributed by atoms with E-state index in [2.05, 4.69) is 4.98 Å². The fourth-order valence-corrected chi connectivity index (χ4v) is 1.69. The molecule has 84 valence electrons. The van der Waals surface area contributed by atoms with Gasteiger partial charge in [-0.1, -0.05) is 12.1 Å². The van der Waals surface area contributed by atoms with Crippen molar-refractivity contribution in [1.29, 1.82) is 0 Å². The fourth-order valence-electron chi connectivity index (χ4n) is 1.69. The van der Waals surface area contributed by atoms with Crippen LogP contribution in [0.5, 0.6) is 0 Å². The second-order valence-electron chi connectivity index (χ2n) is 4.26. The molecule has 0 radical (unpaired) electrons. The summed E-state index contributed by atoms with van der Waals surface area (Å²) in [6, 6.07) is 7.95. The van der Waals surface area contributed by atoms with Crippen molar-refractivity contribution in [1.82, 2.24) is 9.88 Å². The molecule has 3 heteroatoms. The van der Waals surface area contributed by atoms with E-state index >= 15 is 0 Å². The third-order valence-electron chi connectivity index (χ3n) is 2.91. The van der Waals surface area contributed by atoms with Crippen molar-refractivity contribution >= 4 is 16.8 Å². The predicted octanol–water partition coefficient (Wildman–Crippen LogP) is 2.65. The summed E-state index contributed by atoms with van der Waals surface area (Å²) in [5.74, 6) is 0.0584. The smallest absolute Gasteiger partial charge is 0.255 e. The molecule has 0 saturated carbocycles. The van der Waals surface area contributed by atoms with Gasteiger partial charge in [0, 0.05) is 24.7 Å².